The second kappa shape index (κ2) is 6.49. The first-order chi connectivity index (χ1) is 9.16. The number of hydrogen-bond acceptors (Lipinski definition) is 5. The van der Waals surface area contributed by atoms with Gasteiger partial charge in [-0.3, -0.25) is 4.79 Å². The number of amides is 1. The molecule has 0 fully saturated rings. The van der Waals surface area contributed by atoms with Crippen LogP contribution in [0.4, 0.5) is 0 Å². The maximum Gasteiger partial charge on any atom is 0.348 e. The summed E-state index contributed by atoms with van der Waals surface area (Å²) in [5, 5.41) is 6.39. The summed E-state index contributed by atoms with van der Waals surface area (Å²) in [6, 6.07) is 7.08. The quantitative estimate of drug-likeness (QED) is 0.863. The Morgan fingerprint density at radius 1 is 1.21 bits per heavy atom. The molecule has 0 spiro atoms. The van der Waals surface area contributed by atoms with Crippen molar-refractivity contribution in [2.45, 2.75) is 13.0 Å². The van der Waals surface area contributed by atoms with Crippen LogP contribution in [0.2, 0.25) is 0 Å². The molecule has 0 aromatic carbocycles. The molecule has 6 heteroatoms. The first kappa shape index (κ1) is 13.8. The van der Waals surface area contributed by atoms with Crippen molar-refractivity contribution in [2.75, 3.05) is 6.54 Å². The highest BCUT2D eigenvalue weighted by Gasteiger charge is 2.14. The van der Waals surface area contributed by atoms with Crippen LogP contribution in [0.3, 0.4) is 0 Å². The minimum absolute atomic E-state index is 0.144. The molecule has 0 radical (unpaired) electrons. The van der Waals surface area contributed by atoms with Gasteiger partial charge in [0.15, 0.2) is 0 Å². The van der Waals surface area contributed by atoms with Crippen molar-refractivity contribution < 1.29 is 14.3 Å². The predicted molar refractivity (Wildman–Crippen MR) is 75.8 cm³/mol. The van der Waals surface area contributed by atoms with E-state index in [4.69, 9.17) is 4.74 Å². The Labute approximate surface area is 119 Å². The van der Waals surface area contributed by atoms with E-state index < -0.39 is 0 Å². The van der Waals surface area contributed by atoms with Gasteiger partial charge in [0.05, 0.1) is 11.4 Å². The SMILES string of the molecule is C[C@H](CNC(=O)c1cccs1)OC(=O)c1cccs1. The second-order valence-electron chi connectivity index (χ2n) is 3.88. The highest BCUT2D eigenvalue weighted by atomic mass is 32.1. The largest absolute Gasteiger partial charge is 0.457 e. The highest BCUT2D eigenvalue weighted by Crippen LogP contribution is 2.11. The van der Waals surface area contributed by atoms with Gasteiger partial charge < -0.3 is 10.1 Å². The van der Waals surface area contributed by atoms with Crippen LogP contribution in [-0.4, -0.2) is 24.5 Å². The molecule has 0 aliphatic rings. The van der Waals surface area contributed by atoms with Crippen LogP contribution in [0.25, 0.3) is 0 Å². The average Bonchev–Trinajstić information content (AvgIpc) is 3.07. The van der Waals surface area contributed by atoms with Gasteiger partial charge in [-0.2, -0.15) is 0 Å². The van der Waals surface area contributed by atoms with Crippen molar-refractivity contribution in [2.24, 2.45) is 0 Å². The topological polar surface area (TPSA) is 55.4 Å². The molecule has 100 valence electrons. The average molecular weight is 295 g/mol. The fourth-order valence-electron chi connectivity index (χ4n) is 1.41. The number of hydrogen-bond donors (Lipinski definition) is 1. The Morgan fingerprint density at radius 2 is 1.84 bits per heavy atom. The lowest BCUT2D eigenvalue weighted by Gasteiger charge is -2.13. The summed E-state index contributed by atoms with van der Waals surface area (Å²) < 4.78 is 5.22. The molecule has 1 amide bonds. The van der Waals surface area contributed by atoms with Gasteiger partial charge in [0.25, 0.3) is 5.91 Å². The van der Waals surface area contributed by atoms with E-state index in [2.05, 4.69) is 5.32 Å². The molecule has 0 bridgehead atoms. The summed E-state index contributed by atoms with van der Waals surface area (Å²) in [4.78, 5) is 24.6. The summed E-state index contributed by atoms with van der Waals surface area (Å²) in [5.74, 6) is -0.498. The molecule has 1 N–H and O–H groups in total. The van der Waals surface area contributed by atoms with Gasteiger partial charge in [-0.05, 0) is 29.8 Å². The zero-order valence-electron chi connectivity index (χ0n) is 10.3. The third-order valence-corrected chi connectivity index (χ3v) is 4.04. The molecule has 2 rings (SSSR count). The van der Waals surface area contributed by atoms with Crippen LogP contribution >= 0.6 is 22.7 Å². The molecular formula is C13H13NO3S2. The maximum atomic E-state index is 11.7. The van der Waals surface area contributed by atoms with Crippen molar-refractivity contribution in [3.8, 4) is 0 Å². The van der Waals surface area contributed by atoms with E-state index in [1.807, 2.05) is 16.8 Å². The second-order valence-corrected chi connectivity index (χ2v) is 5.78. The van der Waals surface area contributed by atoms with E-state index in [9.17, 15) is 9.59 Å². The van der Waals surface area contributed by atoms with E-state index in [1.165, 1.54) is 22.7 Å². The van der Waals surface area contributed by atoms with Gasteiger partial charge in [0.2, 0.25) is 0 Å². The van der Waals surface area contributed by atoms with Crippen LogP contribution < -0.4 is 5.32 Å². The Morgan fingerprint density at radius 3 is 2.42 bits per heavy atom. The van der Waals surface area contributed by atoms with Crippen molar-refractivity contribution in [3.63, 3.8) is 0 Å². The first-order valence-electron chi connectivity index (χ1n) is 5.73. The Hall–Kier alpha value is -1.66. The molecule has 19 heavy (non-hydrogen) atoms. The predicted octanol–water partition coefficient (Wildman–Crippen LogP) is 2.78. The lowest BCUT2D eigenvalue weighted by molar-refractivity contribution is 0.0343. The molecule has 2 aromatic rings. The number of carbonyl (C=O) groups is 2. The number of carbonyl (C=O) groups excluding carboxylic acids is 2. The third kappa shape index (κ3) is 3.90. The zero-order chi connectivity index (χ0) is 13.7. The molecule has 0 aliphatic carbocycles. The smallest absolute Gasteiger partial charge is 0.348 e. The van der Waals surface area contributed by atoms with Gasteiger partial charge in [-0.1, -0.05) is 12.1 Å². The van der Waals surface area contributed by atoms with Gasteiger partial charge >= 0.3 is 5.97 Å². The van der Waals surface area contributed by atoms with Crippen LogP contribution in [0.1, 0.15) is 26.3 Å². The molecule has 0 aliphatic heterocycles. The fourth-order valence-corrected chi connectivity index (χ4v) is 2.65. The molecule has 2 aromatic heterocycles. The molecule has 1 atom stereocenters. The minimum atomic E-state index is -0.362. The van der Waals surface area contributed by atoms with Gasteiger partial charge in [-0.15, -0.1) is 22.7 Å². The summed E-state index contributed by atoms with van der Waals surface area (Å²) in [6.07, 6.45) is -0.362. The lowest BCUT2D eigenvalue weighted by atomic mass is 10.3. The molecule has 4 nitrogen and oxygen atoms in total. The van der Waals surface area contributed by atoms with Crippen molar-refractivity contribution in [1.82, 2.24) is 5.32 Å². The summed E-state index contributed by atoms with van der Waals surface area (Å²) >= 11 is 2.71. The van der Waals surface area contributed by atoms with Gasteiger partial charge in [0, 0.05) is 0 Å². The van der Waals surface area contributed by atoms with Crippen LogP contribution in [0.15, 0.2) is 35.0 Å². The Bertz CT molecular complexity index is 534. The zero-order valence-corrected chi connectivity index (χ0v) is 11.9. The molecule has 0 saturated heterocycles. The van der Waals surface area contributed by atoms with E-state index in [-0.39, 0.29) is 18.0 Å². The van der Waals surface area contributed by atoms with Crippen LogP contribution in [0.5, 0.6) is 0 Å². The number of thiophene rings is 2. The normalized spacial score (nSPS) is 11.8. The Kier molecular flexibility index (Phi) is 4.70. The van der Waals surface area contributed by atoms with Crippen molar-refractivity contribution in [1.29, 1.82) is 0 Å². The van der Waals surface area contributed by atoms with Gasteiger partial charge in [0.1, 0.15) is 11.0 Å². The van der Waals surface area contributed by atoms with Crippen LogP contribution in [0, 0.1) is 0 Å². The molecule has 0 unspecified atom stereocenters. The molecule has 0 saturated carbocycles. The number of nitrogens with one attached hydrogen (secondary N) is 1. The number of ether oxygens (including phenoxy) is 1. The van der Waals surface area contributed by atoms with E-state index in [1.54, 1.807) is 25.1 Å². The monoisotopic (exact) mass is 295 g/mol. The van der Waals surface area contributed by atoms with E-state index in [0.717, 1.165) is 0 Å². The fraction of sp³-hybridized carbons (Fsp3) is 0.231. The number of rotatable bonds is 5. The van der Waals surface area contributed by atoms with Gasteiger partial charge in [-0.25, -0.2) is 4.79 Å². The van der Waals surface area contributed by atoms with Crippen molar-refractivity contribution >= 4 is 34.6 Å². The standard InChI is InChI=1S/C13H13NO3S2/c1-9(17-13(16)11-5-3-7-19-11)8-14-12(15)10-4-2-6-18-10/h2-7,9H,8H2,1H3,(H,14,15)/t9-/m1/s1. The third-order valence-electron chi connectivity index (χ3n) is 2.33. The summed E-state index contributed by atoms with van der Waals surface area (Å²) in [7, 11) is 0. The molecular weight excluding hydrogens is 282 g/mol. The van der Waals surface area contributed by atoms with Crippen molar-refractivity contribution in [3.05, 3.63) is 44.8 Å². The summed E-state index contributed by atoms with van der Waals surface area (Å²) in [6.45, 7) is 2.05. The maximum absolute atomic E-state index is 11.7. The number of esters is 1. The molecule has 2 heterocycles. The highest BCUT2D eigenvalue weighted by molar-refractivity contribution is 7.12. The minimum Gasteiger partial charge on any atom is -0.457 e. The Balaban J connectivity index is 1.77. The first-order valence-corrected chi connectivity index (χ1v) is 7.49. The van der Waals surface area contributed by atoms with E-state index in [0.29, 0.717) is 16.3 Å². The lowest BCUT2D eigenvalue weighted by Crippen LogP contribution is -2.32. The van der Waals surface area contributed by atoms with E-state index >= 15 is 0 Å². The van der Waals surface area contributed by atoms with Crippen LogP contribution in [-0.2, 0) is 4.74 Å². The summed E-state index contributed by atoms with van der Waals surface area (Å²) in [5.41, 5.74) is 0.